The van der Waals surface area contributed by atoms with Crippen LogP contribution in [0.4, 0.5) is 5.69 Å². The smallest absolute Gasteiger partial charge is 0.233 e. The quantitative estimate of drug-likeness (QED) is 0.858. The molecule has 1 aromatic carbocycles. The third kappa shape index (κ3) is 3.26. The molecule has 2 N–H and O–H groups in total. The number of nitrogen functional groups attached to an aromatic ring is 1. The first-order valence-corrected chi connectivity index (χ1v) is 9.23. The Morgan fingerprint density at radius 3 is 2.88 bits per heavy atom. The lowest BCUT2D eigenvalue weighted by Gasteiger charge is -2.27. The summed E-state index contributed by atoms with van der Waals surface area (Å²) in [7, 11) is 0. The van der Waals surface area contributed by atoms with E-state index >= 15 is 0 Å². The van der Waals surface area contributed by atoms with Gasteiger partial charge in [0.2, 0.25) is 5.91 Å². The number of pyridine rings is 1. The highest BCUT2D eigenvalue weighted by Crippen LogP contribution is 2.42. The van der Waals surface area contributed by atoms with Crippen molar-refractivity contribution >= 4 is 23.4 Å². The number of nitrogens with zero attached hydrogens (tertiary/aromatic N) is 2. The number of hydrogen-bond donors (Lipinski definition) is 1. The SMILES string of the molecule is Cc1ccc(-c2ccncc2C2SCC(=O)N2CC(C)C)cc1N. The molecular weight excluding hydrogens is 318 g/mol. The van der Waals surface area contributed by atoms with Crippen molar-refractivity contribution in [2.75, 3.05) is 18.0 Å². The van der Waals surface area contributed by atoms with Gasteiger partial charge < -0.3 is 10.6 Å². The molecule has 0 saturated carbocycles. The Labute approximate surface area is 147 Å². The molecule has 1 amide bonds. The Balaban J connectivity index is 2.02. The van der Waals surface area contributed by atoms with Crippen LogP contribution in [0.2, 0.25) is 0 Å². The highest BCUT2D eigenvalue weighted by atomic mass is 32.2. The van der Waals surface area contributed by atoms with Gasteiger partial charge in [-0.1, -0.05) is 26.0 Å². The number of rotatable bonds is 4. The average molecular weight is 341 g/mol. The van der Waals surface area contributed by atoms with E-state index in [1.807, 2.05) is 36.2 Å². The number of carbonyl (C=O) groups excluding carboxylic acids is 1. The Kier molecular flexibility index (Phi) is 4.81. The van der Waals surface area contributed by atoms with Crippen LogP contribution in [0.25, 0.3) is 11.1 Å². The van der Waals surface area contributed by atoms with E-state index < -0.39 is 0 Å². The number of benzene rings is 1. The molecule has 0 radical (unpaired) electrons. The second-order valence-electron chi connectivity index (χ2n) is 6.64. The molecule has 4 nitrogen and oxygen atoms in total. The molecule has 1 aromatic heterocycles. The number of aryl methyl sites for hydroxylation is 1. The summed E-state index contributed by atoms with van der Waals surface area (Å²) in [6.07, 6.45) is 3.68. The minimum Gasteiger partial charge on any atom is -0.398 e. The number of anilines is 1. The van der Waals surface area contributed by atoms with Gasteiger partial charge in [-0.15, -0.1) is 11.8 Å². The van der Waals surface area contributed by atoms with Crippen molar-refractivity contribution in [2.45, 2.75) is 26.1 Å². The first kappa shape index (κ1) is 16.8. The fourth-order valence-corrected chi connectivity index (χ4v) is 4.19. The molecule has 1 saturated heterocycles. The van der Waals surface area contributed by atoms with E-state index in [1.54, 1.807) is 18.0 Å². The lowest BCUT2D eigenvalue weighted by atomic mass is 9.99. The van der Waals surface area contributed by atoms with E-state index in [9.17, 15) is 4.79 Å². The van der Waals surface area contributed by atoms with Crippen LogP contribution in [0.15, 0.2) is 36.7 Å². The summed E-state index contributed by atoms with van der Waals surface area (Å²) in [5.41, 5.74) is 11.2. The van der Waals surface area contributed by atoms with Crippen LogP contribution < -0.4 is 5.73 Å². The highest BCUT2D eigenvalue weighted by Gasteiger charge is 2.34. The zero-order valence-electron chi connectivity index (χ0n) is 14.3. The van der Waals surface area contributed by atoms with Gasteiger partial charge in [0.15, 0.2) is 0 Å². The van der Waals surface area contributed by atoms with Crippen LogP contribution in [0.3, 0.4) is 0 Å². The van der Waals surface area contributed by atoms with Crippen LogP contribution in [-0.2, 0) is 4.79 Å². The van der Waals surface area contributed by atoms with E-state index in [1.165, 1.54) is 0 Å². The summed E-state index contributed by atoms with van der Waals surface area (Å²) in [5, 5.41) is 0.0196. The minimum absolute atomic E-state index is 0.0196. The van der Waals surface area contributed by atoms with Crippen LogP contribution in [0.5, 0.6) is 0 Å². The fourth-order valence-electron chi connectivity index (χ4n) is 2.98. The maximum absolute atomic E-state index is 12.3. The Hall–Kier alpha value is -2.01. The molecule has 1 unspecified atom stereocenters. The van der Waals surface area contributed by atoms with Gasteiger partial charge in [0, 0.05) is 30.2 Å². The lowest BCUT2D eigenvalue weighted by molar-refractivity contribution is -0.128. The monoisotopic (exact) mass is 341 g/mol. The Bertz CT molecular complexity index is 760. The van der Waals surface area contributed by atoms with E-state index in [2.05, 4.69) is 24.9 Å². The summed E-state index contributed by atoms with van der Waals surface area (Å²) in [6, 6.07) is 8.13. The van der Waals surface area contributed by atoms with Crippen molar-refractivity contribution in [2.24, 2.45) is 5.92 Å². The summed E-state index contributed by atoms with van der Waals surface area (Å²) >= 11 is 1.67. The molecule has 5 heteroatoms. The van der Waals surface area contributed by atoms with Gasteiger partial charge in [-0.05, 0) is 41.7 Å². The molecule has 1 aliphatic rings. The number of aromatic nitrogens is 1. The van der Waals surface area contributed by atoms with Gasteiger partial charge in [0.1, 0.15) is 5.37 Å². The molecule has 0 aliphatic carbocycles. The molecule has 1 fully saturated rings. The van der Waals surface area contributed by atoms with E-state index in [-0.39, 0.29) is 11.3 Å². The standard InChI is InChI=1S/C19H23N3OS/c1-12(2)10-22-18(23)11-24-19(22)16-9-21-7-6-15(16)14-5-4-13(3)17(20)8-14/h4-9,12,19H,10-11,20H2,1-3H3. The zero-order chi connectivity index (χ0) is 17.3. The first-order valence-electron chi connectivity index (χ1n) is 8.19. The molecule has 1 aliphatic heterocycles. The highest BCUT2D eigenvalue weighted by molar-refractivity contribution is 8.00. The summed E-state index contributed by atoms with van der Waals surface area (Å²) in [6.45, 7) is 7.04. The second-order valence-corrected chi connectivity index (χ2v) is 7.71. The maximum Gasteiger partial charge on any atom is 0.233 e. The van der Waals surface area contributed by atoms with Gasteiger partial charge in [-0.25, -0.2) is 0 Å². The summed E-state index contributed by atoms with van der Waals surface area (Å²) in [4.78, 5) is 18.6. The molecular formula is C19H23N3OS. The normalized spacial score (nSPS) is 17.8. The van der Waals surface area contributed by atoms with Crippen LogP contribution in [-0.4, -0.2) is 28.1 Å². The molecule has 0 spiro atoms. The summed E-state index contributed by atoms with van der Waals surface area (Å²) in [5.74, 6) is 1.17. The predicted octanol–water partition coefficient (Wildman–Crippen LogP) is 3.87. The maximum atomic E-state index is 12.3. The second kappa shape index (κ2) is 6.85. The van der Waals surface area contributed by atoms with Gasteiger partial charge >= 0.3 is 0 Å². The third-order valence-electron chi connectivity index (χ3n) is 4.24. The van der Waals surface area contributed by atoms with Crippen LogP contribution >= 0.6 is 11.8 Å². The van der Waals surface area contributed by atoms with Gasteiger partial charge in [0.05, 0.1) is 5.75 Å². The average Bonchev–Trinajstić information content (AvgIpc) is 2.90. The predicted molar refractivity (Wildman–Crippen MR) is 101 cm³/mol. The van der Waals surface area contributed by atoms with Gasteiger partial charge in [-0.2, -0.15) is 0 Å². The van der Waals surface area contributed by atoms with Crippen molar-refractivity contribution in [1.82, 2.24) is 9.88 Å². The number of amides is 1. The van der Waals surface area contributed by atoms with Crippen molar-refractivity contribution < 1.29 is 4.79 Å². The molecule has 24 heavy (non-hydrogen) atoms. The molecule has 126 valence electrons. The number of nitrogens with two attached hydrogens (primary N) is 1. The van der Waals surface area contributed by atoms with E-state index in [0.717, 1.165) is 34.5 Å². The topological polar surface area (TPSA) is 59.2 Å². The van der Waals surface area contributed by atoms with Crippen molar-refractivity contribution in [3.8, 4) is 11.1 Å². The van der Waals surface area contributed by atoms with Gasteiger partial charge in [0.25, 0.3) is 0 Å². The zero-order valence-corrected chi connectivity index (χ0v) is 15.1. The van der Waals surface area contributed by atoms with Crippen molar-refractivity contribution in [3.63, 3.8) is 0 Å². The molecule has 0 bridgehead atoms. The van der Waals surface area contributed by atoms with E-state index in [4.69, 9.17) is 5.73 Å². The Morgan fingerprint density at radius 2 is 2.17 bits per heavy atom. The molecule has 2 aromatic rings. The Morgan fingerprint density at radius 1 is 1.38 bits per heavy atom. The number of hydrogen-bond acceptors (Lipinski definition) is 4. The fraction of sp³-hybridized carbons (Fsp3) is 0.368. The largest absolute Gasteiger partial charge is 0.398 e. The molecule has 1 atom stereocenters. The molecule has 3 rings (SSSR count). The lowest BCUT2D eigenvalue weighted by Crippen LogP contribution is -2.31. The minimum atomic E-state index is 0.0196. The summed E-state index contributed by atoms with van der Waals surface area (Å²) < 4.78 is 0. The van der Waals surface area contributed by atoms with Crippen LogP contribution in [0.1, 0.15) is 30.3 Å². The number of carbonyl (C=O) groups is 1. The molecule has 2 heterocycles. The van der Waals surface area contributed by atoms with Crippen molar-refractivity contribution in [3.05, 3.63) is 47.8 Å². The van der Waals surface area contributed by atoms with Gasteiger partial charge in [-0.3, -0.25) is 9.78 Å². The van der Waals surface area contributed by atoms with E-state index in [0.29, 0.717) is 11.7 Å². The number of thioether (sulfide) groups is 1. The van der Waals surface area contributed by atoms with Crippen LogP contribution in [0, 0.1) is 12.8 Å². The first-order chi connectivity index (χ1) is 11.5. The third-order valence-corrected chi connectivity index (χ3v) is 5.48. The van der Waals surface area contributed by atoms with Crippen molar-refractivity contribution in [1.29, 1.82) is 0 Å².